The predicted molar refractivity (Wildman–Crippen MR) is 73.4 cm³/mol. The lowest BCUT2D eigenvalue weighted by atomic mass is 9.99. The van der Waals surface area contributed by atoms with Crippen LogP contribution >= 0.6 is 0 Å². The summed E-state index contributed by atoms with van der Waals surface area (Å²) in [7, 11) is 0. The van der Waals surface area contributed by atoms with Gasteiger partial charge in [0.15, 0.2) is 6.04 Å². The molecule has 5 nitrogen and oxygen atoms in total. The third kappa shape index (κ3) is 2.82. The molecule has 1 unspecified atom stereocenters. The number of hydrogen-bond acceptors (Lipinski definition) is 3. The van der Waals surface area contributed by atoms with Crippen molar-refractivity contribution in [3.63, 3.8) is 0 Å². The summed E-state index contributed by atoms with van der Waals surface area (Å²) in [6.07, 6.45) is 2.31. The molecule has 1 amide bonds. The van der Waals surface area contributed by atoms with Crippen molar-refractivity contribution in [3.8, 4) is 0 Å². The molecule has 1 aliphatic heterocycles. The van der Waals surface area contributed by atoms with Gasteiger partial charge >= 0.3 is 12.1 Å². The van der Waals surface area contributed by atoms with Crippen LogP contribution in [0.15, 0.2) is 36.9 Å². The largest absolute Gasteiger partial charge is 0.479 e. The number of amides is 1. The van der Waals surface area contributed by atoms with E-state index in [2.05, 4.69) is 6.58 Å². The first-order valence-electron chi connectivity index (χ1n) is 6.50. The number of benzene rings is 1. The van der Waals surface area contributed by atoms with E-state index in [1.54, 1.807) is 12.1 Å². The van der Waals surface area contributed by atoms with E-state index in [0.717, 1.165) is 12.0 Å². The van der Waals surface area contributed by atoms with Gasteiger partial charge in [-0.1, -0.05) is 36.9 Å². The van der Waals surface area contributed by atoms with Gasteiger partial charge in [-0.3, -0.25) is 4.90 Å². The zero-order valence-corrected chi connectivity index (χ0v) is 11.1. The Hall–Kier alpha value is -2.30. The lowest BCUT2D eigenvalue weighted by molar-refractivity contribution is -0.143. The third-order valence-corrected chi connectivity index (χ3v) is 3.30. The normalized spacial score (nSPS) is 17.8. The van der Waals surface area contributed by atoms with E-state index in [-0.39, 0.29) is 6.61 Å². The van der Waals surface area contributed by atoms with Crippen LogP contribution in [0.1, 0.15) is 23.6 Å². The number of aryl methyl sites for hydroxylation is 1. The number of carboxylic acids is 1. The molecule has 1 atom stereocenters. The van der Waals surface area contributed by atoms with Crippen LogP contribution in [0.2, 0.25) is 0 Å². The first-order chi connectivity index (χ1) is 9.65. The van der Waals surface area contributed by atoms with Crippen LogP contribution in [-0.2, 0) is 16.0 Å². The number of hydrogen-bond donors (Lipinski definition) is 1. The number of carboxylic acid groups (broad SMARTS) is 1. The van der Waals surface area contributed by atoms with Gasteiger partial charge in [-0.05, 0) is 24.0 Å². The summed E-state index contributed by atoms with van der Waals surface area (Å²) in [5.41, 5.74) is 1.63. The van der Waals surface area contributed by atoms with E-state index in [9.17, 15) is 14.7 Å². The second-order valence-electron chi connectivity index (χ2n) is 4.60. The molecule has 1 aliphatic rings. The molecule has 0 aromatic heterocycles. The maximum Gasteiger partial charge on any atom is 0.411 e. The van der Waals surface area contributed by atoms with E-state index in [4.69, 9.17) is 4.74 Å². The zero-order chi connectivity index (χ0) is 14.5. The Balaban J connectivity index is 2.35. The van der Waals surface area contributed by atoms with Crippen LogP contribution in [0, 0.1) is 0 Å². The maximum atomic E-state index is 12.0. The Bertz CT molecular complexity index is 526. The number of carbonyl (C=O) groups is 2. The van der Waals surface area contributed by atoms with Crippen molar-refractivity contribution in [2.45, 2.75) is 18.9 Å². The minimum Gasteiger partial charge on any atom is -0.479 e. The Labute approximate surface area is 117 Å². The summed E-state index contributed by atoms with van der Waals surface area (Å²) in [4.78, 5) is 24.9. The minimum absolute atomic E-state index is 0.0727. The van der Waals surface area contributed by atoms with Gasteiger partial charge in [0.1, 0.15) is 6.61 Å². The first-order valence-corrected chi connectivity index (χ1v) is 6.50. The number of aliphatic carboxylic acids is 1. The summed E-state index contributed by atoms with van der Waals surface area (Å²) >= 11 is 0. The Morgan fingerprint density at radius 1 is 1.45 bits per heavy atom. The molecule has 20 heavy (non-hydrogen) atoms. The highest BCUT2D eigenvalue weighted by atomic mass is 16.6. The molecule has 1 heterocycles. The fourth-order valence-electron chi connectivity index (χ4n) is 2.44. The van der Waals surface area contributed by atoms with Crippen molar-refractivity contribution in [1.29, 1.82) is 0 Å². The lowest BCUT2D eigenvalue weighted by Gasteiger charge is -2.26. The number of fused-ring (bicyclic) bond motifs is 1. The van der Waals surface area contributed by atoms with E-state index in [1.165, 1.54) is 11.0 Å². The zero-order valence-electron chi connectivity index (χ0n) is 11.1. The standard InChI is InChI=1S/C15H17NO4/c1-2-10-20-15(19)16-9-5-7-11-6-3-4-8-12(11)13(16)14(17)18/h2-4,6,8,13H,1,5,7,9-10H2,(H,17,18). The second-order valence-corrected chi connectivity index (χ2v) is 4.60. The molecular weight excluding hydrogens is 258 g/mol. The van der Waals surface area contributed by atoms with Crippen LogP contribution in [0.5, 0.6) is 0 Å². The Morgan fingerprint density at radius 2 is 2.20 bits per heavy atom. The first kappa shape index (κ1) is 14.1. The van der Waals surface area contributed by atoms with Gasteiger partial charge in [0, 0.05) is 6.54 Å². The highest BCUT2D eigenvalue weighted by Gasteiger charge is 2.35. The quantitative estimate of drug-likeness (QED) is 0.860. The van der Waals surface area contributed by atoms with Crippen molar-refractivity contribution in [2.24, 2.45) is 0 Å². The summed E-state index contributed by atoms with van der Waals surface area (Å²) in [6, 6.07) is 6.33. The highest BCUT2D eigenvalue weighted by Crippen LogP contribution is 2.29. The van der Waals surface area contributed by atoms with Gasteiger partial charge in [0.05, 0.1) is 0 Å². The van der Waals surface area contributed by atoms with Crippen molar-refractivity contribution < 1.29 is 19.4 Å². The molecule has 1 aromatic rings. The summed E-state index contributed by atoms with van der Waals surface area (Å²) < 4.78 is 4.99. The number of ether oxygens (including phenoxy) is 1. The van der Waals surface area contributed by atoms with Gasteiger partial charge < -0.3 is 9.84 Å². The highest BCUT2D eigenvalue weighted by molar-refractivity contribution is 5.82. The average molecular weight is 275 g/mol. The fourth-order valence-corrected chi connectivity index (χ4v) is 2.44. The van der Waals surface area contributed by atoms with Crippen LogP contribution in [0.25, 0.3) is 0 Å². The summed E-state index contributed by atoms with van der Waals surface area (Å²) in [5, 5.41) is 9.49. The predicted octanol–water partition coefficient (Wildman–Crippen LogP) is 2.38. The molecule has 0 bridgehead atoms. The molecule has 106 valence electrons. The monoisotopic (exact) mass is 275 g/mol. The molecular formula is C15H17NO4. The van der Waals surface area contributed by atoms with Crippen LogP contribution in [-0.4, -0.2) is 35.2 Å². The van der Waals surface area contributed by atoms with Crippen molar-refractivity contribution in [2.75, 3.05) is 13.2 Å². The molecule has 2 rings (SSSR count). The van der Waals surface area contributed by atoms with E-state index in [0.29, 0.717) is 18.5 Å². The van der Waals surface area contributed by atoms with Crippen LogP contribution in [0.3, 0.4) is 0 Å². The topological polar surface area (TPSA) is 66.8 Å². The van der Waals surface area contributed by atoms with Gasteiger partial charge in [-0.25, -0.2) is 9.59 Å². The molecule has 1 N–H and O–H groups in total. The number of rotatable bonds is 3. The van der Waals surface area contributed by atoms with Crippen LogP contribution < -0.4 is 0 Å². The summed E-state index contributed by atoms with van der Waals surface area (Å²) in [6.45, 7) is 3.91. The Kier molecular flexibility index (Phi) is 4.40. The lowest BCUT2D eigenvalue weighted by Crippen LogP contribution is -2.39. The van der Waals surface area contributed by atoms with Crippen LogP contribution in [0.4, 0.5) is 4.79 Å². The van der Waals surface area contributed by atoms with Crippen molar-refractivity contribution >= 4 is 12.1 Å². The van der Waals surface area contributed by atoms with Crippen molar-refractivity contribution in [3.05, 3.63) is 48.0 Å². The second kappa shape index (κ2) is 6.23. The molecule has 0 aliphatic carbocycles. The Morgan fingerprint density at radius 3 is 2.90 bits per heavy atom. The molecule has 1 aromatic carbocycles. The minimum atomic E-state index is -1.05. The van der Waals surface area contributed by atoms with E-state index in [1.807, 2.05) is 12.1 Å². The van der Waals surface area contributed by atoms with E-state index >= 15 is 0 Å². The fraction of sp³-hybridized carbons (Fsp3) is 0.333. The molecule has 0 radical (unpaired) electrons. The smallest absolute Gasteiger partial charge is 0.411 e. The van der Waals surface area contributed by atoms with Gasteiger partial charge in [-0.2, -0.15) is 0 Å². The van der Waals surface area contributed by atoms with Gasteiger partial charge in [0.25, 0.3) is 0 Å². The molecule has 0 saturated heterocycles. The van der Waals surface area contributed by atoms with Crippen molar-refractivity contribution in [1.82, 2.24) is 4.90 Å². The SMILES string of the molecule is C=CCOC(=O)N1CCCc2ccccc2C1C(=O)O. The van der Waals surface area contributed by atoms with Gasteiger partial charge in [-0.15, -0.1) is 0 Å². The average Bonchev–Trinajstić information content (AvgIpc) is 2.63. The van der Waals surface area contributed by atoms with E-state index < -0.39 is 18.1 Å². The molecule has 5 heteroatoms. The number of carbonyl (C=O) groups excluding carboxylic acids is 1. The number of nitrogens with zero attached hydrogens (tertiary/aromatic N) is 1. The third-order valence-electron chi connectivity index (χ3n) is 3.30. The molecule has 0 saturated carbocycles. The molecule has 0 fully saturated rings. The maximum absolute atomic E-state index is 12.0. The van der Waals surface area contributed by atoms with Gasteiger partial charge in [0.2, 0.25) is 0 Å². The molecule has 0 spiro atoms. The summed E-state index contributed by atoms with van der Waals surface area (Å²) in [5.74, 6) is -1.05.